The number of amides is 1. The Morgan fingerprint density at radius 3 is 2.83 bits per heavy atom. The maximum absolute atomic E-state index is 13.0. The van der Waals surface area contributed by atoms with Crippen molar-refractivity contribution in [2.45, 2.75) is 50.7 Å². The number of aryl methyl sites for hydroxylation is 2. The van der Waals surface area contributed by atoms with E-state index in [0.29, 0.717) is 17.4 Å². The number of nitrogens with one attached hydrogen (secondary N) is 1. The Bertz CT molecular complexity index is 906. The number of hydrogen-bond acceptors (Lipinski definition) is 6. The molecule has 0 bridgehead atoms. The van der Waals surface area contributed by atoms with Crippen molar-refractivity contribution in [2.75, 3.05) is 25.1 Å². The van der Waals surface area contributed by atoms with Crippen LogP contribution in [0.3, 0.4) is 0 Å². The summed E-state index contributed by atoms with van der Waals surface area (Å²) in [6.45, 7) is 1.92. The minimum Gasteiger partial charge on any atom is -0.379 e. The molecule has 1 amide bonds. The third-order valence-corrected chi connectivity index (χ3v) is 7.05. The van der Waals surface area contributed by atoms with E-state index in [-0.39, 0.29) is 18.1 Å². The van der Waals surface area contributed by atoms with Crippen LogP contribution in [0, 0.1) is 11.8 Å². The molecule has 2 aliphatic carbocycles. The van der Waals surface area contributed by atoms with E-state index in [2.05, 4.69) is 25.4 Å². The van der Waals surface area contributed by atoms with Crippen molar-refractivity contribution in [2.24, 2.45) is 11.8 Å². The third-order valence-electron chi connectivity index (χ3n) is 7.05. The molecule has 0 spiro atoms. The first-order chi connectivity index (χ1) is 14.7. The first-order valence-electron chi connectivity index (χ1n) is 11.1. The van der Waals surface area contributed by atoms with Gasteiger partial charge in [-0.2, -0.15) is 5.10 Å². The average molecular weight is 408 g/mol. The van der Waals surface area contributed by atoms with E-state index in [9.17, 15) is 4.79 Å². The van der Waals surface area contributed by atoms with Crippen molar-refractivity contribution in [1.29, 1.82) is 0 Å². The van der Waals surface area contributed by atoms with Crippen LogP contribution in [0.15, 0.2) is 30.6 Å². The Hall–Kier alpha value is -2.54. The summed E-state index contributed by atoms with van der Waals surface area (Å²) >= 11 is 0. The lowest BCUT2D eigenvalue weighted by atomic mass is 9.77. The molecule has 2 fully saturated rings. The van der Waals surface area contributed by atoms with Gasteiger partial charge in [-0.1, -0.05) is 0 Å². The fraction of sp³-hybridized carbons (Fsp3) is 0.565. The minimum atomic E-state index is -0.0369. The molecule has 158 valence electrons. The Morgan fingerprint density at radius 2 is 2.03 bits per heavy atom. The molecule has 5 rings (SSSR count). The van der Waals surface area contributed by atoms with Crippen LogP contribution in [0.25, 0.3) is 0 Å². The van der Waals surface area contributed by atoms with Gasteiger partial charge in [0.2, 0.25) is 0 Å². The Labute approximate surface area is 177 Å². The second-order valence-electron chi connectivity index (χ2n) is 8.87. The summed E-state index contributed by atoms with van der Waals surface area (Å²) in [4.78, 5) is 19.9. The van der Waals surface area contributed by atoms with Crippen LogP contribution in [0.2, 0.25) is 0 Å². The van der Waals surface area contributed by atoms with Crippen LogP contribution in [0.5, 0.6) is 0 Å². The molecule has 1 saturated carbocycles. The van der Waals surface area contributed by atoms with Gasteiger partial charge in [0.25, 0.3) is 5.91 Å². The first kappa shape index (κ1) is 19.4. The summed E-state index contributed by atoms with van der Waals surface area (Å²) in [5, 5.41) is 11.5. The van der Waals surface area contributed by atoms with Gasteiger partial charge in [-0.25, -0.2) is 0 Å². The normalized spacial score (nSPS) is 28.0. The van der Waals surface area contributed by atoms with E-state index >= 15 is 0 Å². The third kappa shape index (κ3) is 3.78. The molecule has 0 aromatic carbocycles. The lowest BCUT2D eigenvalue weighted by Crippen LogP contribution is -2.50. The maximum Gasteiger partial charge on any atom is 0.253 e. The minimum absolute atomic E-state index is 0.0154. The van der Waals surface area contributed by atoms with Gasteiger partial charge in [0.15, 0.2) is 5.82 Å². The quantitative estimate of drug-likeness (QED) is 0.838. The fourth-order valence-corrected chi connectivity index (χ4v) is 5.44. The fourth-order valence-electron chi connectivity index (χ4n) is 5.44. The van der Waals surface area contributed by atoms with Crippen LogP contribution in [-0.2, 0) is 17.6 Å². The van der Waals surface area contributed by atoms with E-state index in [4.69, 9.17) is 4.74 Å². The van der Waals surface area contributed by atoms with Crippen molar-refractivity contribution in [3.63, 3.8) is 0 Å². The molecule has 7 heteroatoms. The number of aromatic nitrogens is 3. The summed E-state index contributed by atoms with van der Waals surface area (Å²) < 4.78 is 5.80. The number of pyridine rings is 1. The number of ether oxygens (including phenoxy) is 1. The van der Waals surface area contributed by atoms with Gasteiger partial charge in [-0.15, -0.1) is 5.10 Å². The van der Waals surface area contributed by atoms with Crippen LogP contribution in [0.1, 0.15) is 47.3 Å². The summed E-state index contributed by atoms with van der Waals surface area (Å²) in [5.74, 6) is 1.97. The molecule has 7 nitrogen and oxygen atoms in total. The van der Waals surface area contributed by atoms with Gasteiger partial charge in [0.05, 0.1) is 17.7 Å². The van der Waals surface area contributed by atoms with Crippen LogP contribution < -0.4 is 10.2 Å². The van der Waals surface area contributed by atoms with Crippen LogP contribution >= 0.6 is 0 Å². The van der Waals surface area contributed by atoms with E-state index in [1.807, 2.05) is 18.2 Å². The summed E-state index contributed by atoms with van der Waals surface area (Å²) in [6, 6.07) is 6.00. The number of carbonyl (C=O) groups is 1. The largest absolute Gasteiger partial charge is 0.379 e. The van der Waals surface area contributed by atoms with Gasteiger partial charge >= 0.3 is 0 Å². The number of rotatable bonds is 4. The summed E-state index contributed by atoms with van der Waals surface area (Å²) in [6.07, 6.45) is 9.76. The molecule has 3 heterocycles. The number of anilines is 1. The topological polar surface area (TPSA) is 80.2 Å². The Kier molecular flexibility index (Phi) is 5.37. The lowest BCUT2D eigenvalue weighted by molar-refractivity contribution is 0.0125. The molecule has 1 saturated heterocycles. The van der Waals surface area contributed by atoms with E-state index in [0.717, 1.165) is 50.3 Å². The molecule has 2 aromatic heterocycles. The molecule has 3 aliphatic rings. The number of methoxy groups -OCH3 is 1. The van der Waals surface area contributed by atoms with Crippen LogP contribution in [0.4, 0.5) is 5.82 Å². The smallest absolute Gasteiger partial charge is 0.253 e. The van der Waals surface area contributed by atoms with Gasteiger partial charge in [-0.3, -0.25) is 9.78 Å². The van der Waals surface area contributed by atoms with E-state index in [1.165, 1.54) is 18.4 Å². The highest BCUT2D eigenvalue weighted by molar-refractivity contribution is 5.94. The molecule has 1 aliphatic heterocycles. The average Bonchev–Trinajstić information content (AvgIpc) is 3.21. The lowest BCUT2D eigenvalue weighted by Gasteiger charge is -2.37. The van der Waals surface area contributed by atoms with Crippen molar-refractivity contribution < 1.29 is 9.53 Å². The zero-order chi connectivity index (χ0) is 20.5. The second kappa shape index (κ2) is 8.30. The van der Waals surface area contributed by atoms with E-state index < -0.39 is 0 Å². The zero-order valence-corrected chi connectivity index (χ0v) is 17.5. The molecule has 4 atom stereocenters. The van der Waals surface area contributed by atoms with Gasteiger partial charge < -0.3 is 15.0 Å². The van der Waals surface area contributed by atoms with Gasteiger partial charge in [0.1, 0.15) is 0 Å². The summed E-state index contributed by atoms with van der Waals surface area (Å²) in [7, 11) is 1.75. The number of carbonyl (C=O) groups excluding carboxylic acids is 1. The van der Waals surface area contributed by atoms with Crippen molar-refractivity contribution >= 4 is 11.7 Å². The van der Waals surface area contributed by atoms with Gasteiger partial charge in [0, 0.05) is 38.3 Å². The monoisotopic (exact) mass is 407 g/mol. The molecule has 0 radical (unpaired) electrons. The molecular weight excluding hydrogens is 378 g/mol. The summed E-state index contributed by atoms with van der Waals surface area (Å²) in [5.41, 5.74) is 3.06. The molecular formula is C23H29N5O2. The molecule has 1 N–H and O–H groups in total. The van der Waals surface area contributed by atoms with Crippen molar-refractivity contribution in [3.8, 4) is 0 Å². The molecule has 2 aromatic rings. The van der Waals surface area contributed by atoms with Gasteiger partial charge in [-0.05, 0) is 74.1 Å². The maximum atomic E-state index is 13.0. The predicted octanol–water partition coefficient (Wildman–Crippen LogP) is 2.41. The predicted molar refractivity (Wildman–Crippen MR) is 113 cm³/mol. The SMILES string of the molecule is CO[C@H]1C[C@@H]2CN(c3cccnn3)C[C@@H]2C[C@@H]1NC(=O)c1cnc2c(c1)CCCC2. The highest BCUT2D eigenvalue weighted by Crippen LogP contribution is 2.38. The molecule has 30 heavy (non-hydrogen) atoms. The number of nitrogens with zero attached hydrogens (tertiary/aromatic N) is 4. The second-order valence-corrected chi connectivity index (χ2v) is 8.87. The molecule has 0 unspecified atom stereocenters. The highest BCUT2D eigenvalue weighted by Gasteiger charge is 2.43. The number of hydrogen-bond donors (Lipinski definition) is 1. The van der Waals surface area contributed by atoms with Crippen molar-refractivity contribution in [3.05, 3.63) is 47.4 Å². The zero-order valence-electron chi connectivity index (χ0n) is 17.5. The van der Waals surface area contributed by atoms with Crippen LogP contribution in [-0.4, -0.2) is 53.4 Å². The first-order valence-corrected chi connectivity index (χ1v) is 11.1. The Balaban J connectivity index is 1.27. The highest BCUT2D eigenvalue weighted by atomic mass is 16.5. The Morgan fingerprint density at radius 1 is 1.20 bits per heavy atom. The van der Waals surface area contributed by atoms with E-state index in [1.54, 1.807) is 19.5 Å². The standard InChI is InChI=1S/C23H29N5O2/c1-30-21-11-18-14-28(22-7-4-8-25-27-22)13-17(18)10-20(21)26-23(29)16-9-15-5-2-3-6-19(15)24-12-16/h4,7-9,12,17-18,20-21H,2-3,5-6,10-11,13-14H2,1H3,(H,26,29)/t17-,18+,20-,21-/m0/s1. The number of fused-ring (bicyclic) bond motifs is 2. The van der Waals surface area contributed by atoms with Crippen molar-refractivity contribution in [1.82, 2.24) is 20.5 Å².